The molecule has 0 saturated carbocycles. The van der Waals surface area contributed by atoms with Crippen molar-refractivity contribution in [3.8, 4) is 0 Å². The van der Waals surface area contributed by atoms with Crippen LogP contribution in [0.4, 0.5) is 8.78 Å². The van der Waals surface area contributed by atoms with Gasteiger partial charge in [-0.05, 0) is 31.4 Å². The van der Waals surface area contributed by atoms with E-state index in [1.807, 2.05) is 0 Å². The molecular formula is C15H16F2N2O2. The molecule has 112 valence electrons. The van der Waals surface area contributed by atoms with Crippen LogP contribution in [-0.4, -0.2) is 35.3 Å². The van der Waals surface area contributed by atoms with Crippen molar-refractivity contribution in [2.24, 2.45) is 0 Å². The van der Waals surface area contributed by atoms with E-state index in [9.17, 15) is 18.4 Å². The molecule has 2 amide bonds. The fraction of sp³-hybridized carbons (Fsp3) is 0.467. The molecule has 2 aliphatic rings. The quantitative estimate of drug-likeness (QED) is 0.859. The van der Waals surface area contributed by atoms with E-state index in [1.165, 1.54) is 6.07 Å². The first-order chi connectivity index (χ1) is 9.99. The van der Waals surface area contributed by atoms with E-state index in [1.54, 1.807) is 4.90 Å². The van der Waals surface area contributed by atoms with Gasteiger partial charge in [0.15, 0.2) is 0 Å². The second kappa shape index (κ2) is 5.09. The van der Waals surface area contributed by atoms with Crippen molar-refractivity contribution in [2.75, 3.05) is 13.1 Å². The molecule has 0 radical (unpaired) electrons. The summed E-state index contributed by atoms with van der Waals surface area (Å²) in [6.45, 7) is 0.936. The highest BCUT2D eigenvalue weighted by Crippen LogP contribution is 2.31. The smallest absolute Gasteiger partial charge is 0.256 e. The van der Waals surface area contributed by atoms with Gasteiger partial charge < -0.3 is 10.2 Å². The number of hydrogen-bond acceptors (Lipinski definition) is 2. The van der Waals surface area contributed by atoms with Crippen LogP contribution in [-0.2, 0) is 4.79 Å². The Bertz CT molecular complexity index is 595. The molecule has 0 aromatic heterocycles. The summed E-state index contributed by atoms with van der Waals surface area (Å²) in [6.07, 6.45) is 2.67. The Morgan fingerprint density at radius 2 is 1.90 bits per heavy atom. The number of rotatable bonds is 1. The zero-order valence-electron chi connectivity index (χ0n) is 11.5. The van der Waals surface area contributed by atoms with E-state index in [4.69, 9.17) is 0 Å². The lowest BCUT2D eigenvalue weighted by Crippen LogP contribution is -2.52. The molecule has 2 aliphatic heterocycles. The number of nitrogens with zero attached hydrogens (tertiary/aromatic N) is 1. The molecule has 6 heteroatoms. The van der Waals surface area contributed by atoms with Crippen molar-refractivity contribution in [1.29, 1.82) is 0 Å². The zero-order chi connectivity index (χ0) is 15.0. The van der Waals surface area contributed by atoms with Gasteiger partial charge in [0.1, 0.15) is 11.6 Å². The molecule has 21 heavy (non-hydrogen) atoms. The predicted octanol–water partition coefficient (Wildman–Crippen LogP) is 1.85. The summed E-state index contributed by atoms with van der Waals surface area (Å²) in [5, 5.41) is 2.99. The van der Waals surface area contributed by atoms with Crippen LogP contribution in [0.5, 0.6) is 0 Å². The standard InChI is InChI=1S/C15H16F2N2O2/c16-10-1-2-11(12(17)9-10)14(21)19-7-5-15(6-8-19)4-3-13(20)18-15/h1-2,9H,3-8H2,(H,18,20). The maximum Gasteiger partial charge on any atom is 0.256 e. The third kappa shape index (κ3) is 2.62. The summed E-state index contributed by atoms with van der Waals surface area (Å²) in [6, 6.07) is 2.98. The second-order valence-electron chi connectivity index (χ2n) is 5.74. The minimum Gasteiger partial charge on any atom is -0.351 e. The molecule has 1 aromatic rings. The lowest BCUT2D eigenvalue weighted by molar-refractivity contribution is -0.120. The fourth-order valence-corrected chi connectivity index (χ4v) is 3.12. The highest BCUT2D eigenvalue weighted by Gasteiger charge is 2.41. The van der Waals surface area contributed by atoms with Gasteiger partial charge in [0, 0.05) is 31.1 Å². The van der Waals surface area contributed by atoms with E-state index in [0.717, 1.165) is 18.6 Å². The second-order valence-corrected chi connectivity index (χ2v) is 5.74. The van der Waals surface area contributed by atoms with Crippen molar-refractivity contribution in [3.63, 3.8) is 0 Å². The average Bonchev–Trinajstić information content (AvgIpc) is 2.80. The number of halogens is 2. The first-order valence-corrected chi connectivity index (χ1v) is 7.04. The average molecular weight is 294 g/mol. The van der Waals surface area contributed by atoms with Crippen molar-refractivity contribution in [3.05, 3.63) is 35.4 Å². The summed E-state index contributed by atoms with van der Waals surface area (Å²) < 4.78 is 26.5. The minimum atomic E-state index is -0.838. The molecule has 0 unspecified atom stereocenters. The molecule has 0 aliphatic carbocycles. The van der Waals surface area contributed by atoms with Gasteiger partial charge in [0.05, 0.1) is 5.56 Å². The third-order valence-corrected chi connectivity index (χ3v) is 4.40. The lowest BCUT2D eigenvalue weighted by atomic mass is 9.86. The SMILES string of the molecule is O=C1CCC2(CCN(C(=O)c3ccc(F)cc3F)CC2)N1. The van der Waals surface area contributed by atoms with Gasteiger partial charge in [-0.15, -0.1) is 0 Å². The van der Waals surface area contributed by atoms with Crippen LogP contribution >= 0.6 is 0 Å². The number of carbonyl (C=O) groups excluding carboxylic acids is 2. The van der Waals surface area contributed by atoms with Crippen molar-refractivity contribution in [2.45, 2.75) is 31.2 Å². The molecular weight excluding hydrogens is 278 g/mol. The van der Waals surface area contributed by atoms with Gasteiger partial charge in [-0.1, -0.05) is 0 Å². The first-order valence-electron chi connectivity index (χ1n) is 7.04. The molecule has 1 spiro atoms. The Morgan fingerprint density at radius 3 is 2.48 bits per heavy atom. The highest BCUT2D eigenvalue weighted by atomic mass is 19.1. The molecule has 1 aromatic carbocycles. The van der Waals surface area contributed by atoms with Crippen LogP contribution in [0.25, 0.3) is 0 Å². The van der Waals surface area contributed by atoms with Crippen LogP contribution in [0, 0.1) is 11.6 Å². The summed E-state index contributed by atoms with van der Waals surface area (Å²) in [5.41, 5.74) is -0.308. The third-order valence-electron chi connectivity index (χ3n) is 4.40. The van der Waals surface area contributed by atoms with E-state index >= 15 is 0 Å². The summed E-state index contributed by atoms with van der Waals surface area (Å²) in [4.78, 5) is 25.2. The summed E-state index contributed by atoms with van der Waals surface area (Å²) in [5.74, 6) is -1.91. The number of hydrogen-bond donors (Lipinski definition) is 1. The van der Waals surface area contributed by atoms with Gasteiger partial charge in [0.25, 0.3) is 5.91 Å². The Hall–Kier alpha value is -1.98. The van der Waals surface area contributed by atoms with Crippen LogP contribution in [0.15, 0.2) is 18.2 Å². The largest absolute Gasteiger partial charge is 0.351 e. The number of nitrogens with one attached hydrogen (secondary N) is 1. The Kier molecular flexibility index (Phi) is 3.39. The number of piperidine rings is 1. The predicted molar refractivity (Wildman–Crippen MR) is 71.6 cm³/mol. The summed E-state index contributed by atoms with van der Waals surface area (Å²) in [7, 11) is 0. The van der Waals surface area contributed by atoms with Crippen LogP contribution in [0.2, 0.25) is 0 Å². The van der Waals surface area contributed by atoms with E-state index in [2.05, 4.69) is 5.32 Å². The van der Waals surface area contributed by atoms with Gasteiger partial charge >= 0.3 is 0 Å². The Morgan fingerprint density at radius 1 is 1.19 bits per heavy atom. The molecule has 0 atom stereocenters. The van der Waals surface area contributed by atoms with Crippen molar-refractivity contribution < 1.29 is 18.4 Å². The fourth-order valence-electron chi connectivity index (χ4n) is 3.12. The lowest BCUT2D eigenvalue weighted by Gasteiger charge is -2.39. The monoisotopic (exact) mass is 294 g/mol. The number of benzene rings is 1. The van der Waals surface area contributed by atoms with Crippen LogP contribution in [0.1, 0.15) is 36.0 Å². The minimum absolute atomic E-state index is 0.0550. The normalized spacial score (nSPS) is 20.7. The number of carbonyl (C=O) groups is 2. The molecule has 2 heterocycles. The van der Waals surface area contributed by atoms with Gasteiger partial charge in [-0.3, -0.25) is 9.59 Å². The first kappa shape index (κ1) is 14.0. The Labute approximate surface area is 121 Å². The number of amides is 2. The highest BCUT2D eigenvalue weighted by molar-refractivity contribution is 5.94. The topological polar surface area (TPSA) is 49.4 Å². The van der Waals surface area contributed by atoms with E-state index in [-0.39, 0.29) is 17.0 Å². The molecule has 3 rings (SSSR count). The summed E-state index contributed by atoms with van der Waals surface area (Å²) >= 11 is 0. The maximum absolute atomic E-state index is 13.7. The van der Waals surface area contributed by atoms with Crippen molar-refractivity contribution in [1.82, 2.24) is 10.2 Å². The molecule has 2 fully saturated rings. The van der Waals surface area contributed by atoms with Gasteiger partial charge in [0.2, 0.25) is 5.91 Å². The van der Waals surface area contributed by atoms with Gasteiger partial charge in [-0.2, -0.15) is 0 Å². The maximum atomic E-state index is 13.7. The van der Waals surface area contributed by atoms with E-state index < -0.39 is 17.5 Å². The number of likely N-dealkylation sites (tertiary alicyclic amines) is 1. The van der Waals surface area contributed by atoms with Crippen LogP contribution in [0.3, 0.4) is 0 Å². The van der Waals surface area contributed by atoms with E-state index in [0.29, 0.717) is 32.4 Å². The van der Waals surface area contributed by atoms with Gasteiger partial charge in [-0.25, -0.2) is 8.78 Å². The molecule has 1 N–H and O–H groups in total. The van der Waals surface area contributed by atoms with Crippen LogP contribution < -0.4 is 5.32 Å². The molecule has 4 nitrogen and oxygen atoms in total. The Balaban J connectivity index is 1.69. The molecule has 2 saturated heterocycles. The molecule has 0 bridgehead atoms. The van der Waals surface area contributed by atoms with Crippen molar-refractivity contribution >= 4 is 11.8 Å². The zero-order valence-corrected chi connectivity index (χ0v) is 11.5.